The molecule has 94 valence electrons. The third-order valence-corrected chi connectivity index (χ3v) is 4.96. The van der Waals surface area contributed by atoms with Crippen molar-refractivity contribution < 1.29 is 8.42 Å². The van der Waals surface area contributed by atoms with Gasteiger partial charge in [-0.25, -0.2) is 13.1 Å². The lowest BCUT2D eigenvalue weighted by Crippen LogP contribution is -2.43. The van der Waals surface area contributed by atoms with Gasteiger partial charge in [-0.3, -0.25) is 0 Å². The van der Waals surface area contributed by atoms with Gasteiger partial charge in [0.05, 0.1) is 4.90 Å². The van der Waals surface area contributed by atoms with Gasteiger partial charge < -0.3 is 5.73 Å². The Morgan fingerprint density at radius 1 is 1.35 bits per heavy atom. The molecule has 1 fully saturated rings. The van der Waals surface area contributed by atoms with Crippen LogP contribution in [0.25, 0.3) is 0 Å². The van der Waals surface area contributed by atoms with Crippen molar-refractivity contribution in [2.45, 2.75) is 36.2 Å². The van der Waals surface area contributed by atoms with E-state index in [1.54, 1.807) is 24.3 Å². The highest BCUT2D eigenvalue weighted by Crippen LogP contribution is 2.21. The van der Waals surface area contributed by atoms with Gasteiger partial charge in [-0.15, -0.1) is 0 Å². The second kappa shape index (κ2) is 5.06. The topological polar surface area (TPSA) is 72.2 Å². The van der Waals surface area contributed by atoms with E-state index >= 15 is 0 Å². The van der Waals surface area contributed by atoms with Crippen LogP contribution in [-0.2, 0) is 10.0 Å². The minimum atomic E-state index is -3.46. The van der Waals surface area contributed by atoms with E-state index < -0.39 is 10.0 Å². The Morgan fingerprint density at radius 2 is 2.12 bits per heavy atom. The van der Waals surface area contributed by atoms with Gasteiger partial charge in [0.15, 0.2) is 0 Å². The molecule has 3 N–H and O–H groups in total. The molecule has 1 aromatic rings. The lowest BCUT2D eigenvalue weighted by Gasteiger charge is -2.17. The number of nitrogens with two attached hydrogens (primary N) is 1. The number of sulfonamides is 1. The highest BCUT2D eigenvalue weighted by molar-refractivity contribution is 9.10. The summed E-state index contributed by atoms with van der Waals surface area (Å²) in [6, 6.07) is 6.44. The summed E-state index contributed by atoms with van der Waals surface area (Å²) in [6.45, 7) is 0. The molecule has 1 aliphatic rings. The Morgan fingerprint density at radius 3 is 2.71 bits per heavy atom. The fourth-order valence-corrected chi connectivity index (χ4v) is 3.95. The average Bonchev–Trinajstić information content (AvgIpc) is 2.64. The standard InChI is InChI=1S/C11H15BrN2O2S/c12-8-3-1-4-9(7-8)17(15,16)14-11-6-2-5-10(11)13/h1,3-4,7,10-11,14H,2,5-6,13H2. The molecule has 4 nitrogen and oxygen atoms in total. The predicted octanol–water partition coefficient (Wildman–Crippen LogP) is 1.61. The van der Waals surface area contributed by atoms with Crippen LogP contribution in [0.3, 0.4) is 0 Å². The van der Waals surface area contributed by atoms with E-state index in [2.05, 4.69) is 20.7 Å². The molecule has 0 aliphatic heterocycles. The van der Waals surface area contributed by atoms with Gasteiger partial charge in [-0.05, 0) is 31.0 Å². The fourth-order valence-electron chi connectivity index (χ4n) is 2.04. The Labute approximate surface area is 110 Å². The smallest absolute Gasteiger partial charge is 0.240 e. The van der Waals surface area contributed by atoms with Crippen molar-refractivity contribution in [2.75, 3.05) is 0 Å². The molecule has 0 bridgehead atoms. The highest BCUT2D eigenvalue weighted by atomic mass is 79.9. The number of halogens is 1. The van der Waals surface area contributed by atoms with Crippen molar-refractivity contribution in [1.29, 1.82) is 0 Å². The monoisotopic (exact) mass is 318 g/mol. The summed E-state index contributed by atoms with van der Waals surface area (Å²) in [4.78, 5) is 0.269. The highest BCUT2D eigenvalue weighted by Gasteiger charge is 2.28. The van der Waals surface area contributed by atoms with Crippen LogP contribution in [-0.4, -0.2) is 20.5 Å². The van der Waals surface area contributed by atoms with E-state index in [-0.39, 0.29) is 17.0 Å². The number of nitrogens with one attached hydrogen (secondary N) is 1. The second-order valence-electron chi connectivity index (χ2n) is 4.28. The van der Waals surface area contributed by atoms with Gasteiger partial charge in [0.2, 0.25) is 10.0 Å². The van der Waals surface area contributed by atoms with Gasteiger partial charge in [0, 0.05) is 16.6 Å². The quantitative estimate of drug-likeness (QED) is 0.889. The molecular formula is C11H15BrN2O2S. The molecule has 1 saturated carbocycles. The van der Waals surface area contributed by atoms with Gasteiger partial charge >= 0.3 is 0 Å². The van der Waals surface area contributed by atoms with Crippen LogP contribution in [0.2, 0.25) is 0 Å². The number of rotatable bonds is 3. The van der Waals surface area contributed by atoms with Gasteiger partial charge in [0.25, 0.3) is 0 Å². The second-order valence-corrected chi connectivity index (χ2v) is 6.91. The third kappa shape index (κ3) is 3.07. The van der Waals surface area contributed by atoms with E-state index in [0.29, 0.717) is 0 Å². The minimum Gasteiger partial charge on any atom is -0.326 e. The Hall–Kier alpha value is -0.430. The average molecular weight is 319 g/mol. The first-order chi connectivity index (χ1) is 7.99. The molecule has 2 rings (SSSR count). The van der Waals surface area contributed by atoms with Crippen molar-refractivity contribution >= 4 is 26.0 Å². The van der Waals surface area contributed by atoms with E-state index in [4.69, 9.17) is 5.73 Å². The molecule has 0 saturated heterocycles. The molecule has 1 aromatic carbocycles. The van der Waals surface area contributed by atoms with Crippen molar-refractivity contribution in [3.05, 3.63) is 28.7 Å². The Kier molecular flexibility index (Phi) is 3.87. The summed E-state index contributed by atoms with van der Waals surface area (Å²) in [6.07, 6.45) is 2.67. The normalized spacial score (nSPS) is 25.1. The van der Waals surface area contributed by atoms with Crippen LogP contribution in [0.4, 0.5) is 0 Å². The molecule has 0 spiro atoms. The van der Waals surface area contributed by atoms with Crippen molar-refractivity contribution in [3.63, 3.8) is 0 Å². The van der Waals surface area contributed by atoms with Crippen molar-refractivity contribution in [2.24, 2.45) is 5.73 Å². The van der Waals surface area contributed by atoms with Crippen LogP contribution >= 0.6 is 15.9 Å². The van der Waals surface area contributed by atoms with E-state index in [1.165, 1.54) is 0 Å². The van der Waals surface area contributed by atoms with Gasteiger partial charge in [0.1, 0.15) is 0 Å². The molecule has 2 unspecified atom stereocenters. The molecule has 0 amide bonds. The van der Waals surface area contributed by atoms with Gasteiger partial charge in [-0.2, -0.15) is 0 Å². The zero-order chi connectivity index (χ0) is 12.5. The Balaban J connectivity index is 2.19. The van der Waals surface area contributed by atoms with Crippen LogP contribution in [0, 0.1) is 0 Å². The number of benzene rings is 1. The van der Waals surface area contributed by atoms with E-state index in [9.17, 15) is 8.42 Å². The predicted molar refractivity (Wildman–Crippen MR) is 70.1 cm³/mol. The number of hydrogen-bond donors (Lipinski definition) is 2. The largest absolute Gasteiger partial charge is 0.326 e. The maximum atomic E-state index is 12.1. The van der Waals surface area contributed by atoms with Crippen LogP contribution < -0.4 is 10.5 Å². The molecule has 0 heterocycles. The SMILES string of the molecule is NC1CCCC1NS(=O)(=O)c1cccc(Br)c1. The summed E-state index contributed by atoms with van der Waals surface area (Å²) in [7, 11) is -3.46. The fraction of sp³-hybridized carbons (Fsp3) is 0.455. The molecule has 1 aliphatic carbocycles. The number of hydrogen-bond acceptors (Lipinski definition) is 3. The third-order valence-electron chi connectivity index (χ3n) is 2.98. The molecule has 0 aromatic heterocycles. The first-order valence-corrected chi connectivity index (χ1v) is 7.80. The summed E-state index contributed by atoms with van der Waals surface area (Å²) < 4.78 is 27.6. The first-order valence-electron chi connectivity index (χ1n) is 5.52. The zero-order valence-electron chi connectivity index (χ0n) is 9.27. The van der Waals surface area contributed by atoms with Crippen molar-refractivity contribution in [3.8, 4) is 0 Å². The maximum Gasteiger partial charge on any atom is 0.240 e. The Bertz CT molecular complexity index is 504. The van der Waals surface area contributed by atoms with Crippen LogP contribution in [0.15, 0.2) is 33.6 Å². The summed E-state index contributed by atoms with van der Waals surface area (Å²) in [5.41, 5.74) is 5.86. The van der Waals surface area contributed by atoms with Crippen molar-refractivity contribution in [1.82, 2.24) is 4.72 Å². The van der Waals surface area contributed by atoms with Crippen LogP contribution in [0.1, 0.15) is 19.3 Å². The van der Waals surface area contributed by atoms with Gasteiger partial charge in [-0.1, -0.05) is 28.4 Å². The molecule has 2 atom stereocenters. The summed E-state index contributed by atoms with van der Waals surface area (Å²) in [5, 5.41) is 0. The van der Waals surface area contributed by atoms with E-state index in [0.717, 1.165) is 23.7 Å². The molecule has 6 heteroatoms. The lowest BCUT2D eigenvalue weighted by molar-refractivity contribution is 0.522. The molecule has 0 radical (unpaired) electrons. The minimum absolute atomic E-state index is 0.0723. The zero-order valence-corrected chi connectivity index (χ0v) is 11.7. The molecule has 17 heavy (non-hydrogen) atoms. The summed E-state index contributed by atoms with van der Waals surface area (Å²) >= 11 is 3.26. The molecular weight excluding hydrogens is 304 g/mol. The maximum absolute atomic E-state index is 12.1. The first kappa shape index (κ1) is 13.0. The lowest BCUT2D eigenvalue weighted by atomic mass is 10.2. The van der Waals surface area contributed by atoms with Crippen LogP contribution in [0.5, 0.6) is 0 Å². The van der Waals surface area contributed by atoms with E-state index in [1.807, 2.05) is 0 Å². The summed E-state index contributed by atoms with van der Waals surface area (Å²) in [5.74, 6) is 0.